The Bertz CT molecular complexity index is 582. The van der Waals surface area contributed by atoms with Gasteiger partial charge in [-0.25, -0.2) is 0 Å². The van der Waals surface area contributed by atoms with Crippen LogP contribution in [0.3, 0.4) is 0 Å². The summed E-state index contributed by atoms with van der Waals surface area (Å²) in [6.45, 7) is 0.242. The van der Waals surface area contributed by atoms with E-state index >= 15 is 0 Å². The number of amides is 1. The molecule has 2 rings (SSSR count). The molecular weight excluding hydrogens is 242 g/mol. The minimum absolute atomic E-state index is 0.121. The van der Waals surface area contributed by atoms with Crippen LogP contribution >= 0.6 is 0 Å². The molecule has 1 aliphatic rings. The van der Waals surface area contributed by atoms with Gasteiger partial charge in [-0.2, -0.15) is 10.5 Å². The van der Waals surface area contributed by atoms with Crippen molar-refractivity contribution < 1.29 is 4.79 Å². The highest BCUT2D eigenvalue weighted by Gasteiger charge is 2.32. The number of nitriles is 2. The SMILES string of the molecule is CN1C(=O)C(N)c2ccc(N(CC#N)CC#N)cc21. The summed E-state index contributed by atoms with van der Waals surface area (Å²) in [5.41, 5.74) is 8.05. The van der Waals surface area contributed by atoms with Crippen molar-refractivity contribution in [3.05, 3.63) is 23.8 Å². The first-order valence-electron chi connectivity index (χ1n) is 5.76. The average Bonchev–Trinajstić information content (AvgIpc) is 2.63. The topological polar surface area (TPSA) is 97.2 Å². The number of hydrogen-bond acceptors (Lipinski definition) is 5. The summed E-state index contributed by atoms with van der Waals surface area (Å²) in [5, 5.41) is 17.5. The molecule has 0 aliphatic carbocycles. The number of nitrogens with two attached hydrogens (primary N) is 1. The lowest BCUT2D eigenvalue weighted by molar-refractivity contribution is -0.118. The molecule has 0 radical (unpaired) electrons. The van der Waals surface area contributed by atoms with Crippen molar-refractivity contribution in [1.82, 2.24) is 0 Å². The van der Waals surface area contributed by atoms with Gasteiger partial charge in [0.15, 0.2) is 0 Å². The highest BCUT2D eigenvalue weighted by atomic mass is 16.2. The maximum atomic E-state index is 11.8. The third-order valence-corrected chi connectivity index (χ3v) is 3.20. The van der Waals surface area contributed by atoms with E-state index in [1.165, 1.54) is 4.90 Å². The van der Waals surface area contributed by atoms with Gasteiger partial charge in [0, 0.05) is 18.3 Å². The number of benzene rings is 1. The predicted octanol–water partition coefficient (Wildman–Crippen LogP) is 0.516. The molecule has 1 aromatic rings. The summed E-state index contributed by atoms with van der Waals surface area (Å²) in [4.78, 5) is 14.9. The Kier molecular flexibility index (Phi) is 3.37. The number of carbonyl (C=O) groups is 1. The number of anilines is 2. The van der Waals surface area contributed by atoms with E-state index in [1.54, 1.807) is 30.1 Å². The van der Waals surface area contributed by atoms with E-state index in [0.717, 1.165) is 16.9 Å². The first kappa shape index (κ1) is 12.9. The lowest BCUT2D eigenvalue weighted by Crippen LogP contribution is -2.28. The van der Waals surface area contributed by atoms with Crippen LogP contribution in [-0.4, -0.2) is 26.0 Å². The lowest BCUT2D eigenvalue weighted by Gasteiger charge is -2.20. The van der Waals surface area contributed by atoms with E-state index in [1.807, 2.05) is 12.1 Å². The van der Waals surface area contributed by atoms with Gasteiger partial charge in [-0.05, 0) is 12.1 Å². The number of fused-ring (bicyclic) bond motifs is 1. The molecule has 1 aromatic carbocycles. The molecule has 96 valence electrons. The van der Waals surface area contributed by atoms with Crippen LogP contribution in [0.25, 0.3) is 0 Å². The molecule has 0 saturated carbocycles. The molecule has 6 heteroatoms. The van der Waals surface area contributed by atoms with Gasteiger partial charge in [-0.3, -0.25) is 4.79 Å². The highest BCUT2D eigenvalue weighted by Crippen LogP contribution is 2.36. The van der Waals surface area contributed by atoms with E-state index in [4.69, 9.17) is 16.3 Å². The quantitative estimate of drug-likeness (QED) is 0.794. The average molecular weight is 255 g/mol. The molecule has 1 atom stereocenters. The molecule has 0 bridgehead atoms. The number of carbonyl (C=O) groups excluding carboxylic acids is 1. The third kappa shape index (κ3) is 2.10. The monoisotopic (exact) mass is 255 g/mol. The second-order valence-corrected chi connectivity index (χ2v) is 4.29. The van der Waals surface area contributed by atoms with E-state index < -0.39 is 6.04 Å². The van der Waals surface area contributed by atoms with Crippen molar-refractivity contribution in [2.24, 2.45) is 5.73 Å². The summed E-state index contributed by atoms with van der Waals surface area (Å²) in [5.74, 6) is -0.153. The van der Waals surface area contributed by atoms with Crippen LogP contribution in [0, 0.1) is 22.7 Å². The molecule has 1 heterocycles. The van der Waals surface area contributed by atoms with Crippen LogP contribution in [0.5, 0.6) is 0 Å². The van der Waals surface area contributed by atoms with E-state index in [2.05, 4.69) is 0 Å². The fourth-order valence-corrected chi connectivity index (χ4v) is 2.15. The largest absolute Gasteiger partial charge is 0.345 e. The zero-order valence-corrected chi connectivity index (χ0v) is 10.5. The fraction of sp³-hybridized carbons (Fsp3) is 0.308. The Morgan fingerprint density at radius 1 is 1.37 bits per heavy atom. The predicted molar refractivity (Wildman–Crippen MR) is 70.2 cm³/mol. The molecule has 0 saturated heterocycles. The Labute approximate surface area is 111 Å². The maximum Gasteiger partial charge on any atom is 0.248 e. The van der Waals surface area contributed by atoms with E-state index in [9.17, 15) is 4.79 Å². The minimum atomic E-state index is -0.630. The fourth-order valence-electron chi connectivity index (χ4n) is 2.15. The van der Waals surface area contributed by atoms with Gasteiger partial charge in [0.05, 0.1) is 17.8 Å². The van der Waals surface area contributed by atoms with Gasteiger partial charge in [0.2, 0.25) is 5.91 Å². The van der Waals surface area contributed by atoms with Crippen LogP contribution in [0.15, 0.2) is 18.2 Å². The molecule has 1 unspecified atom stereocenters. The van der Waals surface area contributed by atoms with Crippen molar-refractivity contribution in [3.63, 3.8) is 0 Å². The summed E-state index contributed by atoms with van der Waals surface area (Å²) in [6, 6.07) is 8.74. The van der Waals surface area contributed by atoms with Gasteiger partial charge < -0.3 is 15.5 Å². The normalized spacial score (nSPS) is 16.7. The van der Waals surface area contributed by atoms with Gasteiger partial charge >= 0.3 is 0 Å². The van der Waals surface area contributed by atoms with E-state index in [-0.39, 0.29) is 19.0 Å². The molecule has 2 N–H and O–H groups in total. The molecule has 1 amide bonds. The summed E-state index contributed by atoms with van der Waals surface area (Å²) < 4.78 is 0. The molecule has 0 aromatic heterocycles. The molecule has 1 aliphatic heterocycles. The van der Waals surface area contributed by atoms with Crippen LogP contribution in [0.1, 0.15) is 11.6 Å². The van der Waals surface area contributed by atoms with Crippen molar-refractivity contribution in [2.75, 3.05) is 29.9 Å². The van der Waals surface area contributed by atoms with Crippen LogP contribution in [0.2, 0.25) is 0 Å². The smallest absolute Gasteiger partial charge is 0.248 e. The van der Waals surface area contributed by atoms with Crippen molar-refractivity contribution in [3.8, 4) is 12.1 Å². The molecule has 0 spiro atoms. The highest BCUT2D eigenvalue weighted by molar-refractivity contribution is 6.04. The van der Waals surface area contributed by atoms with E-state index in [0.29, 0.717) is 0 Å². The van der Waals surface area contributed by atoms with Crippen LogP contribution in [-0.2, 0) is 4.79 Å². The number of likely N-dealkylation sites (N-methyl/N-ethyl adjacent to an activating group) is 1. The van der Waals surface area contributed by atoms with Gasteiger partial charge in [-0.1, -0.05) is 6.07 Å². The molecule has 19 heavy (non-hydrogen) atoms. The lowest BCUT2D eigenvalue weighted by atomic mass is 10.1. The summed E-state index contributed by atoms with van der Waals surface area (Å²) in [7, 11) is 1.66. The Hall–Kier alpha value is -2.57. The second-order valence-electron chi connectivity index (χ2n) is 4.29. The summed E-state index contributed by atoms with van der Waals surface area (Å²) in [6.07, 6.45) is 0. The van der Waals surface area contributed by atoms with Crippen molar-refractivity contribution in [1.29, 1.82) is 10.5 Å². The molecular formula is C13H13N5O. The van der Waals surface area contributed by atoms with Gasteiger partial charge in [0.25, 0.3) is 0 Å². The Balaban J connectivity index is 2.40. The van der Waals surface area contributed by atoms with Gasteiger partial charge in [0.1, 0.15) is 19.1 Å². The number of rotatable bonds is 3. The number of nitrogens with zero attached hydrogens (tertiary/aromatic N) is 4. The van der Waals surface area contributed by atoms with Crippen molar-refractivity contribution >= 4 is 17.3 Å². The van der Waals surface area contributed by atoms with Gasteiger partial charge in [-0.15, -0.1) is 0 Å². The third-order valence-electron chi connectivity index (χ3n) is 3.20. The standard InChI is InChI=1S/C13H13N5O/c1-17-11-8-9(18(6-4-14)7-5-15)2-3-10(11)12(16)13(17)19/h2-3,8,12H,6-7,16H2,1H3. The Morgan fingerprint density at radius 3 is 2.58 bits per heavy atom. The van der Waals surface area contributed by atoms with Crippen molar-refractivity contribution in [2.45, 2.75) is 6.04 Å². The zero-order valence-electron chi connectivity index (χ0n) is 10.5. The minimum Gasteiger partial charge on any atom is -0.345 e. The summed E-state index contributed by atoms with van der Waals surface area (Å²) >= 11 is 0. The molecule has 6 nitrogen and oxygen atoms in total. The number of hydrogen-bond donors (Lipinski definition) is 1. The Morgan fingerprint density at radius 2 is 2.00 bits per heavy atom. The second kappa shape index (κ2) is 4.97. The molecule has 0 fully saturated rings. The van der Waals surface area contributed by atoms with Crippen LogP contribution < -0.4 is 15.5 Å². The maximum absolute atomic E-state index is 11.8. The zero-order chi connectivity index (χ0) is 14.0. The first-order chi connectivity index (χ1) is 9.10. The first-order valence-corrected chi connectivity index (χ1v) is 5.76. The van der Waals surface area contributed by atoms with Crippen LogP contribution in [0.4, 0.5) is 11.4 Å².